The number of amides is 1. The van der Waals surface area contributed by atoms with Gasteiger partial charge in [-0.1, -0.05) is 12.8 Å². The van der Waals surface area contributed by atoms with Crippen LogP contribution in [-0.4, -0.2) is 103 Å². The first-order valence-electron chi connectivity index (χ1n) is 23.9. The van der Waals surface area contributed by atoms with Crippen LogP contribution < -0.4 is 20.9 Å². The molecule has 0 radical (unpaired) electrons. The van der Waals surface area contributed by atoms with E-state index < -0.39 is 0 Å². The van der Waals surface area contributed by atoms with Crippen molar-refractivity contribution < 1.29 is 18.4 Å². The van der Waals surface area contributed by atoms with Crippen molar-refractivity contribution in [1.82, 2.24) is 48.8 Å². The summed E-state index contributed by atoms with van der Waals surface area (Å²) >= 11 is 0. The number of nitrogens with one attached hydrogen (secondary N) is 3. The second-order valence-electron chi connectivity index (χ2n) is 18.9. The molecular formula is C53H53F2N13O2. The highest BCUT2D eigenvalue weighted by Crippen LogP contribution is 2.39. The molecule has 4 aliphatic rings. The van der Waals surface area contributed by atoms with Gasteiger partial charge in [0, 0.05) is 117 Å². The molecule has 356 valence electrons. The molecule has 17 heteroatoms. The highest BCUT2D eigenvalue weighted by Gasteiger charge is 2.31. The number of hydrogen-bond acceptors (Lipinski definition) is 12. The number of carbonyl (C=O) groups is 2. The van der Waals surface area contributed by atoms with E-state index in [9.17, 15) is 18.4 Å². The van der Waals surface area contributed by atoms with Gasteiger partial charge >= 0.3 is 0 Å². The van der Waals surface area contributed by atoms with E-state index in [2.05, 4.69) is 89.9 Å². The summed E-state index contributed by atoms with van der Waals surface area (Å²) in [6.45, 7) is 5.35. The largest absolute Gasteiger partial charge is 0.369 e. The van der Waals surface area contributed by atoms with Crippen LogP contribution in [0.3, 0.4) is 0 Å². The lowest BCUT2D eigenvalue weighted by molar-refractivity contribution is 0.0964. The molecule has 0 spiro atoms. The lowest BCUT2D eigenvalue weighted by atomic mass is 9.98. The monoisotopic (exact) mass is 941 g/mol. The third kappa shape index (κ3) is 8.70. The van der Waals surface area contributed by atoms with Gasteiger partial charge in [-0.05, 0) is 99.6 Å². The predicted molar refractivity (Wildman–Crippen MR) is 266 cm³/mol. The summed E-state index contributed by atoms with van der Waals surface area (Å²) in [5.41, 5.74) is 12.5. The molecule has 0 atom stereocenters. The SMILES string of the molecule is CN(C)Cc1cc(Nc2ncc(-c3cnc4cc(F)ccn34)c3c2C(=O)NC3)cnc1C1CCCC1.CN1CCN(c2ccc(Nc3ncc(-c4cnc5cc(F)ccn45)c4c3C(=O)CC4)cc2)CC1. The Kier molecular flexibility index (Phi) is 12.0. The molecule has 7 aromatic heterocycles. The van der Waals surface area contributed by atoms with Crippen LogP contribution in [0.25, 0.3) is 33.8 Å². The molecule has 8 aromatic rings. The average Bonchev–Trinajstić information content (AvgIpc) is 4.23. The van der Waals surface area contributed by atoms with Gasteiger partial charge in [-0.25, -0.2) is 28.7 Å². The second kappa shape index (κ2) is 18.7. The number of hydrogen-bond donors (Lipinski definition) is 3. The standard InChI is InChI=1S/C27H28FN7O.C26H25FN6O/c1-34(2)15-17-9-19(11-30-25(17)16-5-3-4-6-16)33-26-24-21(13-32-27(24)36)20(12-31-26)22-14-29-23-10-18(28)7-8-35(22)23;1-31-10-12-32(13-11-31)19-4-2-18(3-5-19)30-26-25-20(6-7-23(25)34)21(15-29-26)22-16-28-24-14-17(27)8-9-33(22)24/h7-12,14,16H,3-6,13,15H2,1-2H3,(H,31,33)(H,32,36);2-5,8-9,14-16H,6-7,10-13H2,1H3,(H,29,30). The predicted octanol–water partition coefficient (Wildman–Crippen LogP) is 8.80. The summed E-state index contributed by atoms with van der Waals surface area (Å²) < 4.78 is 30.9. The molecule has 12 rings (SSSR count). The first kappa shape index (κ1) is 44.9. The maximum absolute atomic E-state index is 13.7. The number of aromatic nitrogens is 7. The fourth-order valence-corrected chi connectivity index (χ4v) is 10.4. The van der Waals surface area contributed by atoms with Crippen LogP contribution in [0, 0.1) is 11.6 Å². The Balaban J connectivity index is 0.000000153. The number of halogens is 2. The van der Waals surface area contributed by atoms with E-state index in [1.165, 1.54) is 66.9 Å². The Morgan fingerprint density at radius 3 is 1.94 bits per heavy atom. The summed E-state index contributed by atoms with van der Waals surface area (Å²) in [5.74, 6) is 0.817. The van der Waals surface area contributed by atoms with E-state index in [-0.39, 0.29) is 23.3 Å². The number of nitrogens with zero attached hydrogens (tertiary/aromatic N) is 10. The molecule has 1 aromatic carbocycles. The van der Waals surface area contributed by atoms with Gasteiger partial charge in [0.25, 0.3) is 5.91 Å². The van der Waals surface area contributed by atoms with Gasteiger partial charge < -0.3 is 30.7 Å². The van der Waals surface area contributed by atoms with Crippen LogP contribution in [0.15, 0.2) is 98.0 Å². The van der Waals surface area contributed by atoms with Gasteiger partial charge in [0.2, 0.25) is 0 Å². The smallest absolute Gasteiger partial charge is 0.255 e. The maximum atomic E-state index is 13.7. The molecule has 1 saturated carbocycles. The Labute approximate surface area is 403 Å². The van der Waals surface area contributed by atoms with Gasteiger partial charge in [-0.3, -0.25) is 23.4 Å². The minimum absolute atomic E-state index is 0.0840. The Hall–Kier alpha value is -7.63. The van der Waals surface area contributed by atoms with Crippen molar-refractivity contribution in [1.29, 1.82) is 0 Å². The number of likely N-dealkylation sites (N-methyl/N-ethyl adjacent to an activating group) is 1. The summed E-state index contributed by atoms with van der Waals surface area (Å²) in [7, 11) is 6.27. The lowest BCUT2D eigenvalue weighted by Crippen LogP contribution is -2.44. The molecule has 2 aliphatic carbocycles. The normalized spacial score (nSPS) is 15.9. The van der Waals surface area contributed by atoms with E-state index in [4.69, 9.17) is 4.98 Å². The number of carbonyl (C=O) groups excluding carboxylic acids is 2. The number of fused-ring (bicyclic) bond motifs is 4. The molecule has 2 fully saturated rings. The number of anilines is 5. The van der Waals surface area contributed by atoms with Crippen molar-refractivity contribution in [3.8, 4) is 22.5 Å². The van der Waals surface area contributed by atoms with E-state index in [0.717, 1.165) is 77.7 Å². The molecule has 70 heavy (non-hydrogen) atoms. The van der Waals surface area contributed by atoms with Crippen molar-refractivity contribution in [2.24, 2.45) is 0 Å². The van der Waals surface area contributed by atoms with Crippen molar-refractivity contribution in [2.45, 2.75) is 57.5 Å². The second-order valence-corrected chi connectivity index (χ2v) is 18.9. The van der Waals surface area contributed by atoms with Gasteiger partial charge in [0.1, 0.15) is 34.6 Å². The molecule has 1 amide bonds. The third-order valence-electron chi connectivity index (χ3n) is 13.9. The third-order valence-corrected chi connectivity index (χ3v) is 13.9. The first-order chi connectivity index (χ1) is 34.0. The molecule has 0 bridgehead atoms. The lowest BCUT2D eigenvalue weighted by Gasteiger charge is -2.34. The Morgan fingerprint density at radius 2 is 1.30 bits per heavy atom. The van der Waals surface area contributed by atoms with E-state index in [0.29, 0.717) is 59.4 Å². The highest BCUT2D eigenvalue weighted by atomic mass is 19.1. The van der Waals surface area contributed by atoms with Gasteiger partial charge in [-0.15, -0.1) is 0 Å². The van der Waals surface area contributed by atoms with E-state index in [1.807, 2.05) is 22.7 Å². The quantitative estimate of drug-likeness (QED) is 0.120. The minimum Gasteiger partial charge on any atom is -0.369 e. The van der Waals surface area contributed by atoms with Crippen LogP contribution in [0.2, 0.25) is 0 Å². The molecule has 3 N–H and O–H groups in total. The zero-order valence-corrected chi connectivity index (χ0v) is 39.3. The fourth-order valence-electron chi connectivity index (χ4n) is 10.4. The van der Waals surface area contributed by atoms with Crippen LogP contribution in [0.5, 0.6) is 0 Å². The van der Waals surface area contributed by atoms with Gasteiger partial charge in [0.15, 0.2) is 5.78 Å². The number of rotatable bonds is 10. The topological polar surface area (TPSA) is 153 Å². The first-order valence-corrected chi connectivity index (χ1v) is 23.9. The van der Waals surface area contributed by atoms with Crippen LogP contribution in [-0.2, 0) is 19.5 Å². The average molecular weight is 942 g/mol. The van der Waals surface area contributed by atoms with Gasteiger partial charge in [-0.2, -0.15) is 0 Å². The molecule has 1 saturated heterocycles. The minimum atomic E-state index is -0.347. The molecule has 2 aliphatic heterocycles. The van der Waals surface area contributed by atoms with E-state index in [1.54, 1.807) is 41.6 Å². The molecule has 0 unspecified atom stereocenters. The number of pyridine rings is 5. The number of imidazole rings is 2. The summed E-state index contributed by atoms with van der Waals surface area (Å²) in [6.07, 6.45) is 18.1. The summed E-state index contributed by atoms with van der Waals surface area (Å²) in [4.78, 5) is 55.4. The number of Topliss-reactive ketones (excluding diaryl/α,β-unsaturated/α-hetero) is 1. The fraction of sp³-hybridized carbons (Fsp3) is 0.302. The van der Waals surface area contributed by atoms with Crippen molar-refractivity contribution >= 4 is 51.7 Å². The Morgan fingerprint density at radius 1 is 0.686 bits per heavy atom. The summed E-state index contributed by atoms with van der Waals surface area (Å²) in [6, 6.07) is 16.0. The highest BCUT2D eigenvalue weighted by molar-refractivity contribution is 6.07. The molecular weight excluding hydrogens is 889 g/mol. The van der Waals surface area contributed by atoms with Crippen molar-refractivity contribution in [3.63, 3.8) is 0 Å². The van der Waals surface area contributed by atoms with E-state index >= 15 is 0 Å². The van der Waals surface area contributed by atoms with Crippen LogP contribution in [0.1, 0.15) is 81.1 Å². The van der Waals surface area contributed by atoms with Crippen molar-refractivity contribution in [3.05, 3.63) is 143 Å². The van der Waals surface area contributed by atoms with Crippen molar-refractivity contribution in [2.75, 3.05) is 62.9 Å². The zero-order chi connectivity index (χ0) is 48.0. The number of benzene rings is 1. The Bertz CT molecular complexity index is 3300. The van der Waals surface area contributed by atoms with Gasteiger partial charge in [0.05, 0.1) is 46.8 Å². The zero-order valence-electron chi connectivity index (χ0n) is 39.3. The number of piperazine rings is 1. The molecule has 15 nitrogen and oxygen atoms in total. The van der Waals surface area contributed by atoms with Crippen LogP contribution >= 0.6 is 0 Å². The maximum Gasteiger partial charge on any atom is 0.255 e. The molecule has 9 heterocycles. The van der Waals surface area contributed by atoms with Crippen LogP contribution in [0.4, 0.5) is 37.5 Å². The summed E-state index contributed by atoms with van der Waals surface area (Å²) in [5, 5.41) is 9.64. The number of ketones is 1.